The predicted molar refractivity (Wildman–Crippen MR) is 111 cm³/mol. The van der Waals surface area contributed by atoms with Crippen LogP contribution in [0, 0.1) is 13.8 Å². The highest BCUT2D eigenvalue weighted by atomic mass is 32.2. The van der Waals surface area contributed by atoms with Crippen molar-refractivity contribution in [3.8, 4) is 0 Å². The normalized spacial score (nSPS) is 16.9. The summed E-state index contributed by atoms with van der Waals surface area (Å²) < 4.78 is 27.3. The molecule has 0 aliphatic carbocycles. The first-order chi connectivity index (χ1) is 13.3. The number of amides is 1. The number of quaternary nitrogens is 1. The zero-order valence-electron chi connectivity index (χ0n) is 16.6. The number of carbonyl (C=O) groups is 1. The van der Waals surface area contributed by atoms with Crippen molar-refractivity contribution >= 4 is 27.3 Å². The third-order valence-corrected chi connectivity index (χ3v) is 7.99. The van der Waals surface area contributed by atoms with Gasteiger partial charge in [0.2, 0.25) is 10.0 Å². The molecule has 2 heterocycles. The lowest BCUT2D eigenvalue weighted by Gasteiger charge is -2.34. The summed E-state index contributed by atoms with van der Waals surface area (Å²) in [6.45, 7) is 6.68. The van der Waals surface area contributed by atoms with Gasteiger partial charge in [-0.2, -0.15) is 4.31 Å². The number of carbonyl (C=O) groups excluding carboxylic acids is 1. The van der Waals surface area contributed by atoms with Crippen molar-refractivity contribution in [1.82, 2.24) is 9.21 Å². The molecule has 1 atom stereocenters. The molecule has 28 heavy (non-hydrogen) atoms. The van der Waals surface area contributed by atoms with Gasteiger partial charge >= 0.3 is 0 Å². The number of thiophene rings is 1. The number of rotatable bonds is 6. The minimum atomic E-state index is -3.52. The second kappa shape index (κ2) is 8.73. The Morgan fingerprint density at radius 2 is 1.82 bits per heavy atom. The van der Waals surface area contributed by atoms with Crippen LogP contribution in [0.5, 0.6) is 0 Å². The summed E-state index contributed by atoms with van der Waals surface area (Å²) >= 11 is 1.70. The van der Waals surface area contributed by atoms with Gasteiger partial charge in [0.15, 0.2) is 6.54 Å². The Hall–Kier alpha value is -1.74. The van der Waals surface area contributed by atoms with Crippen LogP contribution in [0.15, 0.2) is 40.6 Å². The zero-order chi connectivity index (χ0) is 20.3. The van der Waals surface area contributed by atoms with Gasteiger partial charge in [0.05, 0.1) is 16.8 Å². The summed E-state index contributed by atoms with van der Waals surface area (Å²) in [7, 11) is -1.50. The summed E-state index contributed by atoms with van der Waals surface area (Å²) in [6.07, 6.45) is 0. The van der Waals surface area contributed by atoms with Gasteiger partial charge in [-0.1, -0.05) is 12.1 Å². The Morgan fingerprint density at radius 3 is 2.43 bits per heavy atom. The maximum atomic E-state index is 12.9. The lowest BCUT2D eigenvalue weighted by Crippen LogP contribution is -3.08. The molecule has 0 spiro atoms. The minimum absolute atomic E-state index is 0.0808. The molecule has 0 radical (unpaired) electrons. The number of hydrogen-bond acceptors (Lipinski definition) is 4. The van der Waals surface area contributed by atoms with Crippen molar-refractivity contribution in [2.24, 2.45) is 0 Å². The van der Waals surface area contributed by atoms with E-state index in [0.717, 1.165) is 22.6 Å². The zero-order valence-corrected chi connectivity index (χ0v) is 18.3. The third kappa shape index (κ3) is 4.81. The SMILES string of the molecule is Cc1ccc(S(=O)(=O)N2CCN(C(=O)C[NH+](C)Cc3cccs3)CC2)cc1C. The van der Waals surface area contributed by atoms with E-state index in [1.54, 1.807) is 28.4 Å². The predicted octanol–water partition coefficient (Wildman–Crippen LogP) is 0.913. The number of nitrogens with zero attached hydrogens (tertiary/aromatic N) is 2. The Morgan fingerprint density at radius 1 is 1.11 bits per heavy atom. The Kier molecular flexibility index (Phi) is 6.54. The van der Waals surface area contributed by atoms with Crippen molar-refractivity contribution in [3.63, 3.8) is 0 Å². The summed E-state index contributed by atoms with van der Waals surface area (Å²) in [5.74, 6) is 0.0808. The maximum absolute atomic E-state index is 12.9. The van der Waals surface area contributed by atoms with E-state index in [2.05, 4.69) is 6.07 Å². The number of hydrogen-bond donors (Lipinski definition) is 1. The largest absolute Gasteiger partial charge is 0.335 e. The molecule has 3 rings (SSSR count). The van der Waals surface area contributed by atoms with E-state index < -0.39 is 10.0 Å². The van der Waals surface area contributed by atoms with Crippen molar-refractivity contribution in [2.45, 2.75) is 25.3 Å². The molecule has 1 saturated heterocycles. The van der Waals surface area contributed by atoms with Gasteiger partial charge in [0, 0.05) is 26.2 Å². The fourth-order valence-electron chi connectivity index (χ4n) is 3.34. The molecular weight excluding hydrogens is 394 g/mol. The topological polar surface area (TPSA) is 62.1 Å². The van der Waals surface area contributed by atoms with Crippen LogP contribution in [0.25, 0.3) is 0 Å². The van der Waals surface area contributed by atoms with Gasteiger partial charge < -0.3 is 9.80 Å². The molecular formula is C20H28N3O3S2+. The van der Waals surface area contributed by atoms with Gasteiger partial charge in [0.1, 0.15) is 6.54 Å². The molecule has 1 aromatic carbocycles. The molecule has 1 aromatic heterocycles. The summed E-state index contributed by atoms with van der Waals surface area (Å²) in [4.78, 5) is 17.1. The quantitative estimate of drug-likeness (QED) is 0.753. The number of nitrogens with one attached hydrogen (secondary N) is 1. The molecule has 1 unspecified atom stereocenters. The number of benzene rings is 1. The smallest absolute Gasteiger partial charge is 0.277 e. The molecule has 152 valence electrons. The second-order valence-corrected chi connectivity index (χ2v) is 10.4. The lowest BCUT2D eigenvalue weighted by atomic mass is 10.1. The molecule has 1 amide bonds. The molecule has 1 fully saturated rings. The van der Waals surface area contributed by atoms with Crippen molar-refractivity contribution < 1.29 is 18.1 Å². The monoisotopic (exact) mass is 422 g/mol. The summed E-state index contributed by atoms with van der Waals surface area (Å²) in [6, 6.07) is 9.33. The number of sulfonamides is 1. The van der Waals surface area contributed by atoms with Crippen LogP contribution in [0.2, 0.25) is 0 Å². The van der Waals surface area contributed by atoms with Crippen LogP contribution in [-0.4, -0.2) is 63.3 Å². The van der Waals surface area contributed by atoms with E-state index in [0.29, 0.717) is 37.6 Å². The average Bonchev–Trinajstić information content (AvgIpc) is 3.16. The molecule has 1 N–H and O–H groups in total. The van der Waals surface area contributed by atoms with Gasteiger partial charge in [-0.25, -0.2) is 8.42 Å². The Labute approximate surface area is 171 Å². The highest BCUT2D eigenvalue weighted by Gasteiger charge is 2.31. The summed E-state index contributed by atoms with van der Waals surface area (Å²) in [5, 5.41) is 2.04. The minimum Gasteiger partial charge on any atom is -0.335 e. The van der Waals surface area contributed by atoms with Crippen molar-refractivity contribution in [1.29, 1.82) is 0 Å². The van der Waals surface area contributed by atoms with Crippen LogP contribution in [0.1, 0.15) is 16.0 Å². The lowest BCUT2D eigenvalue weighted by molar-refractivity contribution is -0.885. The maximum Gasteiger partial charge on any atom is 0.277 e. The molecule has 2 aromatic rings. The van der Waals surface area contributed by atoms with E-state index >= 15 is 0 Å². The first kappa shape index (κ1) is 21.0. The summed E-state index contributed by atoms with van der Waals surface area (Å²) in [5.41, 5.74) is 2.04. The fraction of sp³-hybridized carbons (Fsp3) is 0.450. The van der Waals surface area contributed by atoms with E-state index in [4.69, 9.17) is 0 Å². The van der Waals surface area contributed by atoms with Gasteiger partial charge in [-0.05, 0) is 48.6 Å². The average molecular weight is 423 g/mol. The number of aryl methyl sites for hydroxylation is 2. The van der Waals surface area contributed by atoms with E-state index in [9.17, 15) is 13.2 Å². The molecule has 6 nitrogen and oxygen atoms in total. The molecule has 1 aliphatic heterocycles. The molecule has 1 aliphatic rings. The van der Waals surface area contributed by atoms with Crippen LogP contribution in [-0.2, 0) is 21.4 Å². The third-order valence-electron chi connectivity index (χ3n) is 5.22. The van der Waals surface area contributed by atoms with Gasteiger partial charge in [-0.15, -0.1) is 11.3 Å². The number of piperazine rings is 1. The van der Waals surface area contributed by atoms with E-state index in [-0.39, 0.29) is 5.91 Å². The first-order valence-electron chi connectivity index (χ1n) is 9.46. The van der Waals surface area contributed by atoms with Crippen molar-refractivity contribution in [2.75, 3.05) is 39.8 Å². The Balaban J connectivity index is 1.56. The van der Waals surface area contributed by atoms with Crippen LogP contribution in [0.4, 0.5) is 0 Å². The number of likely N-dealkylation sites (N-methyl/N-ethyl adjacent to an activating group) is 1. The van der Waals surface area contributed by atoms with Gasteiger partial charge in [0.25, 0.3) is 5.91 Å². The van der Waals surface area contributed by atoms with Crippen LogP contribution >= 0.6 is 11.3 Å². The highest BCUT2D eigenvalue weighted by Crippen LogP contribution is 2.20. The van der Waals surface area contributed by atoms with E-state index in [1.807, 2.05) is 38.4 Å². The standard InChI is InChI=1S/C20H27N3O3S2/c1-16-6-7-19(13-17(16)2)28(25,26)23-10-8-22(9-11-23)20(24)15-21(3)14-18-5-4-12-27-18/h4-7,12-13H,8-11,14-15H2,1-3H3/p+1. The van der Waals surface area contributed by atoms with Crippen LogP contribution in [0.3, 0.4) is 0 Å². The van der Waals surface area contributed by atoms with E-state index in [1.165, 1.54) is 9.18 Å². The van der Waals surface area contributed by atoms with Crippen molar-refractivity contribution in [3.05, 3.63) is 51.7 Å². The second-order valence-electron chi connectivity index (χ2n) is 7.42. The van der Waals surface area contributed by atoms with Crippen LogP contribution < -0.4 is 4.90 Å². The molecule has 0 saturated carbocycles. The van der Waals surface area contributed by atoms with Gasteiger partial charge in [-0.3, -0.25) is 4.79 Å². The molecule has 8 heteroatoms. The highest BCUT2D eigenvalue weighted by molar-refractivity contribution is 7.89. The first-order valence-corrected chi connectivity index (χ1v) is 11.8. The molecule has 0 bridgehead atoms. The Bertz CT molecular complexity index is 918. The fourth-order valence-corrected chi connectivity index (χ4v) is 5.67.